The Bertz CT molecular complexity index is 380. The predicted octanol–water partition coefficient (Wildman–Crippen LogP) is 3.51. The molecule has 0 radical (unpaired) electrons. The molecule has 1 aromatic rings. The van der Waals surface area contributed by atoms with Crippen LogP contribution in [0.1, 0.15) is 32.3 Å². The molecular formula is C14H18O2. The van der Waals surface area contributed by atoms with Crippen molar-refractivity contribution in [3.05, 3.63) is 42.0 Å². The Kier molecular flexibility index (Phi) is 4.77. The number of esters is 1. The molecule has 0 aliphatic carbocycles. The minimum Gasteiger partial charge on any atom is -0.423 e. The van der Waals surface area contributed by atoms with Crippen LogP contribution >= 0.6 is 0 Å². The first-order valence-corrected chi connectivity index (χ1v) is 5.66. The zero-order valence-electron chi connectivity index (χ0n) is 9.95. The number of hydrogen-bond acceptors (Lipinski definition) is 2. The van der Waals surface area contributed by atoms with E-state index in [4.69, 9.17) is 4.74 Å². The number of para-hydroxylation sites is 1. The molecule has 0 bridgehead atoms. The van der Waals surface area contributed by atoms with Crippen LogP contribution in [0.15, 0.2) is 36.4 Å². The fourth-order valence-corrected chi connectivity index (χ4v) is 1.40. The van der Waals surface area contributed by atoms with E-state index in [2.05, 4.69) is 13.5 Å². The Morgan fingerprint density at radius 1 is 1.31 bits per heavy atom. The average molecular weight is 218 g/mol. The molecule has 0 aliphatic rings. The van der Waals surface area contributed by atoms with Crippen molar-refractivity contribution in [1.82, 2.24) is 0 Å². The molecule has 16 heavy (non-hydrogen) atoms. The molecule has 0 amide bonds. The van der Waals surface area contributed by atoms with E-state index in [0.29, 0.717) is 17.7 Å². The topological polar surface area (TPSA) is 26.3 Å². The number of carbonyl (C=O) groups is 1. The van der Waals surface area contributed by atoms with E-state index >= 15 is 0 Å². The van der Waals surface area contributed by atoms with Crippen LogP contribution in [-0.2, 0) is 11.2 Å². The lowest BCUT2D eigenvalue weighted by atomic mass is 10.1. The van der Waals surface area contributed by atoms with Gasteiger partial charge in [0, 0.05) is 5.57 Å². The second kappa shape index (κ2) is 6.11. The Balaban J connectivity index is 2.80. The summed E-state index contributed by atoms with van der Waals surface area (Å²) in [7, 11) is 0. The van der Waals surface area contributed by atoms with Gasteiger partial charge in [-0.05, 0) is 24.5 Å². The van der Waals surface area contributed by atoms with Gasteiger partial charge in [0.2, 0.25) is 0 Å². The summed E-state index contributed by atoms with van der Waals surface area (Å²) in [4.78, 5) is 11.6. The van der Waals surface area contributed by atoms with E-state index < -0.39 is 0 Å². The summed E-state index contributed by atoms with van der Waals surface area (Å²) < 4.78 is 5.31. The second-order valence-corrected chi connectivity index (χ2v) is 3.70. The van der Waals surface area contributed by atoms with Gasteiger partial charge in [0.05, 0.1) is 0 Å². The van der Waals surface area contributed by atoms with Crippen molar-refractivity contribution in [2.75, 3.05) is 0 Å². The van der Waals surface area contributed by atoms with E-state index in [1.807, 2.05) is 31.2 Å². The highest BCUT2D eigenvalue weighted by molar-refractivity contribution is 5.89. The molecule has 1 aromatic carbocycles. The summed E-state index contributed by atoms with van der Waals surface area (Å²) >= 11 is 0. The minimum absolute atomic E-state index is 0.328. The molecule has 0 unspecified atom stereocenters. The van der Waals surface area contributed by atoms with Crippen LogP contribution < -0.4 is 4.74 Å². The number of hydrogen-bond donors (Lipinski definition) is 0. The number of benzene rings is 1. The average Bonchev–Trinajstić information content (AvgIpc) is 2.31. The first-order chi connectivity index (χ1) is 7.69. The molecule has 0 saturated carbocycles. The van der Waals surface area contributed by atoms with Crippen molar-refractivity contribution in [3.8, 4) is 5.75 Å². The van der Waals surface area contributed by atoms with Crippen LogP contribution in [0.2, 0.25) is 0 Å². The minimum atomic E-state index is -0.328. The highest BCUT2D eigenvalue weighted by Crippen LogP contribution is 2.20. The lowest BCUT2D eigenvalue weighted by Crippen LogP contribution is -2.11. The lowest BCUT2D eigenvalue weighted by molar-refractivity contribution is -0.130. The van der Waals surface area contributed by atoms with Gasteiger partial charge in [-0.2, -0.15) is 0 Å². The van der Waals surface area contributed by atoms with Gasteiger partial charge >= 0.3 is 5.97 Å². The molecule has 0 spiro atoms. The van der Waals surface area contributed by atoms with Gasteiger partial charge in [-0.25, -0.2) is 4.79 Å². The fourth-order valence-electron chi connectivity index (χ4n) is 1.40. The van der Waals surface area contributed by atoms with Gasteiger partial charge in [-0.1, -0.05) is 45.0 Å². The highest BCUT2D eigenvalue weighted by Gasteiger charge is 2.10. The highest BCUT2D eigenvalue weighted by atomic mass is 16.5. The second-order valence-electron chi connectivity index (χ2n) is 3.70. The molecule has 0 N–H and O–H groups in total. The van der Waals surface area contributed by atoms with Crippen LogP contribution in [0, 0.1) is 0 Å². The van der Waals surface area contributed by atoms with E-state index in [1.165, 1.54) is 0 Å². The van der Waals surface area contributed by atoms with Gasteiger partial charge in [-0.3, -0.25) is 0 Å². The third-order valence-electron chi connectivity index (χ3n) is 2.41. The monoisotopic (exact) mass is 218 g/mol. The molecule has 0 saturated heterocycles. The quantitative estimate of drug-likeness (QED) is 0.429. The van der Waals surface area contributed by atoms with Crippen LogP contribution in [-0.4, -0.2) is 5.97 Å². The van der Waals surface area contributed by atoms with Gasteiger partial charge in [0.15, 0.2) is 0 Å². The van der Waals surface area contributed by atoms with E-state index in [0.717, 1.165) is 18.4 Å². The fraction of sp³-hybridized carbons (Fsp3) is 0.357. The zero-order valence-corrected chi connectivity index (χ0v) is 9.95. The van der Waals surface area contributed by atoms with E-state index in [9.17, 15) is 4.79 Å². The van der Waals surface area contributed by atoms with Gasteiger partial charge < -0.3 is 4.74 Å². The third-order valence-corrected chi connectivity index (χ3v) is 2.41. The van der Waals surface area contributed by atoms with Crippen LogP contribution in [0.25, 0.3) is 0 Å². The van der Waals surface area contributed by atoms with Crippen LogP contribution in [0.4, 0.5) is 0 Å². The Morgan fingerprint density at radius 2 is 2.00 bits per heavy atom. The molecule has 0 aliphatic heterocycles. The molecule has 0 aromatic heterocycles. The molecule has 0 atom stereocenters. The summed E-state index contributed by atoms with van der Waals surface area (Å²) in [6.45, 7) is 7.66. The van der Waals surface area contributed by atoms with Gasteiger partial charge in [0.1, 0.15) is 5.75 Å². The van der Waals surface area contributed by atoms with E-state index in [1.54, 1.807) is 0 Å². The Morgan fingerprint density at radius 3 is 2.62 bits per heavy atom. The smallest absolute Gasteiger partial charge is 0.338 e. The molecule has 2 heteroatoms. The third kappa shape index (κ3) is 3.23. The standard InChI is InChI=1S/C14H18O2/c1-4-8-12-9-6-7-10-13(12)16-14(15)11(3)5-2/h6-7,9-10H,3-5,8H2,1-2H3. The van der Waals surface area contributed by atoms with Crippen molar-refractivity contribution >= 4 is 5.97 Å². The van der Waals surface area contributed by atoms with E-state index in [-0.39, 0.29) is 5.97 Å². The normalized spacial score (nSPS) is 9.88. The van der Waals surface area contributed by atoms with Crippen LogP contribution in [0.5, 0.6) is 5.75 Å². The summed E-state index contributed by atoms with van der Waals surface area (Å²) in [5, 5.41) is 0. The molecule has 86 valence electrons. The van der Waals surface area contributed by atoms with Crippen molar-refractivity contribution < 1.29 is 9.53 Å². The zero-order chi connectivity index (χ0) is 12.0. The first-order valence-electron chi connectivity index (χ1n) is 5.66. The molecule has 2 nitrogen and oxygen atoms in total. The molecule has 0 heterocycles. The maximum Gasteiger partial charge on any atom is 0.338 e. The van der Waals surface area contributed by atoms with Crippen molar-refractivity contribution in [2.45, 2.75) is 33.1 Å². The SMILES string of the molecule is C=C(CC)C(=O)Oc1ccccc1CCC. The van der Waals surface area contributed by atoms with Crippen LogP contribution in [0.3, 0.4) is 0 Å². The lowest BCUT2D eigenvalue weighted by Gasteiger charge is -2.09. The molecule has 1 rings (SSSR count). The first kappa shape index (κ1) is 12.5. The number of carbonyl (C=O) groups excluding carboxylic acids is 1. The summed E-state index contributed by atoms with van der Waals surface area (Å²) in [5.74, 6) is 0.329. The Labute approximate surface area is 96.9 Å². The largest absolute Gasteiger partial charge is 0.423 e. The van der Waals surface area contributed by atoms with Gasteiger partial charge in [-0.15, -0.1) is 0 Å². The molecule has 0 fully saturated rings. The number of aryl methyl sites for hydroxylation is 1. The Hall–Kier alpha value is -1.57. The number of ether oxygens (including phenoxy) is 1. The van der Waals surface area contributed by atoms with Crippen molar-refractivity contribution in [2.24, 2.45) is 0 Å². The van der Waals surface area contributed by atoms with Gasteiger partial charge in [0.25, 0.3) is 0 Å². The summed E-state index contributed by atoms with van der Waals surface area (Å²) in [6, 6.07) is 7.64. The molecular weight excluding hydrogens is 200 g/mol. The predicted molar refractivity (Wildman–Crippen MR) is 65.5 cm³/mol. The summed E-state index contributed by atoms with van der Waals surface area (Å²) in [6.07, 6.45) is 2.57. The number of rotatable bonds is 5. The summed E-state index contributed by atoms with van der Waals surface area (Å²) in [5.41, 5.74) is 1.58. The van der Waals surface area contributed by atoms with Crippen molar-refractivity contribution in [3.63, 3.8) is 0 Å². The maximum absolute atomic E-state index is 11.6. The maximum atomic E-state index is 11.6. The van der Waals surface area contributed by atoms with Crippen molar-refractivity contribution in [1.29, 1.82) is 0 Å².